The van der Waals surface area contributed by atoms with Gasteiger partial charge in [-0.15, -0.1) is 11.8 Å². The number of likely N-dealkylation sites (tertiary alicyclic amines) is 1. The third kappa shape index (κ3) is 3.00. The van der Waals surface area contributed by atoms with Gasteiger partial charge in [-0.1, -0.05) is 12.8 Å². The molecule has 2 saturated heterocycles. The number of rotatable bonds is 3. The van der Waals surface area contributed by atoms with Gasteiger partial charge in [-0.2, -0.15) is 0 Å². The van der Waals surface area contributed by atoms with Crippen LogP contribution in [0.15, 0.2) is 0 Å². The zero-order chi connectivity index (χ0) is 15.7. The summed E-state index contributed by atoms with van der Waals surface area (Å²) in [7, 11) is 0. The van der Waals surface area contributed by atoms with Crippen molar-refractivity contribution in [3.8, 4) is 0 Å². The molecule has 0 aromatic heterocycles. The first kappa shape index (κ1) is 16.1. The van der Waals surface area contributed by atoms with E-state index in [-0.39, 0.29) is 29.8 Å². The summed E-state index contributed by atoms with van der Waals surface area (Å²) in [6, 6.07) is -0.00726. The van der Waals surface area contributed by atoms with Crippen molar-refractivity contribution in [2.24, 2.45) is 17.6 Å². The lowest BCUT2D eigenvalue weighted by molar-refractivity contribution is -0.145. The lowest BCUT2D eigenvalue weighted by Gasteiger charge is -2.31. The van der Waals surface area contributed by atoms with E-state index in [1.54, 1.807) is 11.8 Å². The van der Waals surface area contributed by atoms with Crippen LogP contribution in [-0.2, 0) is 9.59 Å². The average molecular weight is 325 g/mol. The molecule has 2 heterocycles. The number of carbonyl (C=O) groups is 2. The molecule has 0 bridgehead atoms. The second-order valence-electron chi connectivity index (χ2n) is 6.98. The Hall–Kier alpha value is -0.750. The first-order valence-electron chi connectivity index (χ1n) is 8.50. The molecule has 2 aliphatic heterocycles. The standard InChI is InChI=1S/C16H27N3O2S/c1-11-6-12(7-17)8-18(11)16(21)14-9-22-10-19(14)15(20)13-4-2-3-5-13/h11-14H,2-10,17H2,1H3. The first-order valence-corrected chi connectivity index (χ1v) is 9.66. The summed E-state index contributed by atoms with van der Waals surface area (Å²) in [5, 5.41) is 0. The average Bonchev–Trinajstić information content (AvgIpc) is 3.25. The van der Waals surface area contributed by atoms with Crippen molar-refractivity contribution in [3.05, 3.63) is 0 Å². The molecule has 0 aromatic rings. The van der Waals surface area contributed by atoms with Gasteiger partial charge < -0.3 is 15.5 Å². The Morgan fingerprint density at radius 3 is 2.55 bits per heavy atom. The molecular weight excluding hydrogens is 298 g/mol. The van der Waals surface area contributed by atoms with Gasteiger partial charge in [0.1, 0.15) is 6.04 Å². The van der Waals surface area contributed by atoms with Gasteiger partial charge in [0.2, 0.25) is 11.8 Å². The third-order valence-electron chi connectivity index (χ3n) is 5.43. The third-order valence-corrected chi connectivity index (χ3v) is 6.44. The monoisotopic (exact) mass is 325 g/mol. The van der Waals surface area contributed by atoms with Gasteiger partial charge in [-0.25, -0.2) is 0 Å². The molecule has 124 valence electrons. The van der Waals surface area contributed by atoms with Crippen LogP contribution in [-0.4, -0.2) is 58.4 Å². The van der Waals surface area contributed by atoms with Crippen molar-refractivity contribution < 1.29 is 9.59 Å². The molecule has 1 saturated carbocycles. The summed E-state index contributed by atoms with van der Waals surface area (Å²) < 4.78 is 0. The van der Waals surface area contributed by atoms with E-state index in [1.165, 1.54) is 0 Å². The number of nitrogens with two attached hydrogens (primary N) is 1. The van der Waals surface area contributed by atoms with Crippen LogP contribution >= 0.6 is 11.8 Å². The number of thioether (sulfide) groups is 1. The normalized spacial score (nSPS) is 32.9. The molecule has 2 N–H and O–H groups in total. The summed E-state index contributed by atoms with van der Waals surface area (Å²) in [5.74, 6) is 2.33. The summed E-state index contributed by atoms with van der Waals surface area (Å²) in [6.45, 7) is 3.49. The van der Waals surface area contributed by atoms with E-state index in [0.717, 1.165) is 44.4 Å². The predicted molar refractivity (Wildman–Crippen MR) is 88.3 cm³/mol. The molecule has 2 amide bonds. The number of hydrogen-bond acceptors (Lipinski definition) is 4. The highest BCUT2D eigenvalue weighted by atomic mass is 32.2. The Morgan fingerprint density at radius 2 is 1.91 bits per heavy atom. The number of nitrogens with zero attached hydrogens (tertiary/aromatic N) is 2. The van der Waals surface area contributed by atoms with Crippen LogP contribution in [0.4, 0.5) is 0 Å². The van der Waals surface area contributed by atoms with Crippen LogP contribution in [0.3, 0.4) is 0 Å². The molecule has 6 heteroatoms. The molecule has 0 radical (unpaired) electrons. The first-order chi connectivity index (χ1) is 10.6. The van der Waals surface area contributed by atoms with Crippen molar-refractivity contribution in [2.45, 2.75) is 51.1 Å². The highest BCUT2D eigenvalue weighted by Gasteiger charge is 2.42. The minimum atomic E-state index is -0.253. The zero-order valence-corrected chi connectivity index (χ0v) is 14.2. The molecule has 3 aliphatic rings. The number of hydrogen-bond donors (Lipinski definition) is 1. The Balaban J connectivity index is 1.67. The van der Waals surface area contributed by atoms with Crippen molar-refractivity contribution in [1.29, 1.82) is 0 Å². The predicted octanol–water partition coefficient (Wildman–Crippen LogP) is 1.27. The molecule has 3 atom stereocenters. The van der Waals surface area contributed by atoms with Gasteiger partial charge in [0, 0.05) is 24.3 Å². The van der Waals surface area contributed by atoms with Gasteiger partial charge in [0.05, 0.1) is 5.88 Å². The number of amides is 2. The minimum Gasteiger partial charge on any atom is -0.338 e. The Bertz CT molecular complexity index is 439. The van der Waals surface area contributed by atoms with E-state index in [9.17, 15) is 9.59 Å². The van der Waals surface area contributed by atoms with E-state index in [4.69, 9.17) is 5.73 Å². The maximum absolute atomic E-state index is 12.9. The second kappa shape index (κ2) is 6.79. The molecule has 5 nitrogen and oxygen atoms in total. The van der Waals surface area contributed by atoms with Crippen LogP contribution in [0.5, 0.6) is 0 Å². The zero-order valence-electron chi connectivity index (χ0n) is 13.4. The van der Waals surface area contributed by atoms with Crippen LogP contribution in [0.25, 0.3) is 0 Å². The van der Waals surface area contributed by atoms with Gasteiger partial charge in [0.15, 0.2) is 0 Å². The summed E-state index contributed by atoms with van der Waals surface area (Å²) in [4.78, 5) is 29.4. The molecule has 22 heavy (non-hydrogen) atoms. The van der Waals surface area contributed by atoms with Crippen molar-refractivity contribution in [1.82, 2.24) is 9.80 Å². The highest BCUT2D eigenvalue weighted by Crippen LogP contribution is 2.32. The van der Waals surface area contributed by atoms with Gasteiger partial charge >= 0.3 is 0 Å². The highest BCUT2D eigenvalue weighted by molar-refractivity contribution is 7.99. The van der Waals surface area contributed by atoms with Crippen LogP contribution in [0.1, 0.15) is 39.0 Å². The maximum atomic E-state index is 12.9. The molecule has 0 spiro atoms. The fraction of sp³-hybridized carbons (Fsp3) is 0.875. The van der Waals surface area contributed by atoms with E-state index in [0.29, 0.717) is 18.3 Å². The lowest BCUT2D eigenvalue weighted by Crippen LogP contribution is -2.51. The van der Waals surface area contributed by atoms with Gasteiger partial charge in [0.25, 0.3) is 0 Å². The second-order valence-corrected chi connectivity index (χ2v) is 7.98. The fourth-order valence-corrected chi connectivity index (χ4v) is 5.24. The van der Waals surface area contributed by atoms with Crippen molar-refractivity contribution in [2.75, 3.05) is 24.7 Å². The molecule has 3 rings (SSSR count). The molecule has 3 fully saturated rings. The largest absolute Gasteiger partial charge is 0.338 e. The quantitative estimate of drug-likeness (QED) is 0.849. The Morgan fingerprint density at radius 1 is 1.18 bits per heavy atom. The lowest BCUT2D eigenvalue weighted by atomic mass is 10.1. The Kier molecular flexibility index (Phi) is 4.97. The summed E-state index contributed by atoms with van der Waals surface area (Å²) in [6.07, 6.45) is 5.28. The Labute approximate surface area is 137 Å². The summed E-state index contributed by atoms with van der Waals surface area (Å²) in [5.41, 5.74) is 5.76. The van der Waals surface area contributed by atoms with E-state index >= 15 is 0 Å². The van der Waals surface area contributed by atoms with E-state index < -0.39 is 0 Å². The maximum Gasteiger partial charge on any atom is 0.246 e. The van der Waals surface area contributed by atoms with Crippen molar-refractivity contribution in [3.63, 3.8) is 0 Å². The SMILES string of the molecule is CC1CC(CN)CN1C(=O)C1CSCN1C(=O)C1CCCC1. The van der Waals surface area contributed by atoms with Gasteiger partial charge in [-0.05, 0) is 38.6 Å². The number of carbonyl (C=O) groups excluding carboxylic acids is 2. The van der Waals surface area contributed by atoms with Gasteiger partial charge in [-0.3, -0.25) is 9.59 Å². The van der Waals surface area contributed by atoms with Crippen LogP contribution in [0.2, 0.25) is 0 Å². The summed E-state index contributed by atoms with van der Waals surface area (Å²) >= 11 is 1.71. The topological polar surface area (TPSA) is 66.6 Å². The minimum absolute atomic E-state index is 0.139. The fourth-order valence-electron chi connectivity index (χ4n) is 4.08. The van der Waals surface area contributed by atoms with E-state index in [1.807, 2.05) is 9.80 Å². The molecule has 3 unspecified atom stereocenters. The molecule has 0 aromatic carbocycles. The van der Waals surface area contributed by atoms with Crippen LogP contribution < -0.4 is 5.73 Å². The van der Waals surface area contributed by atoms with E-state index in [2.05, 4.69) is 6.92 Å². The molecule has 1 aliphatic carbocycles. The smallest absolute Gasteiger partial charge is 0.246 e. The molecular formula is C16H27N3O2S. The van der Waals surface area contributed by atoms with Crippen LogP contribution in [0, 0.1) is 11.8 Å². The van der Waals surface area contributed by atoms with Crippen molar-refractivity contribution >= 4 is 23.6 Å².